The van der Waals surface area contributed by atoms with Crippen LogP contribution in [-0.4, -0.2) is 50.1 Å². The predicted molar refractivity (Wildman–Crippen MR) is 105 cm³/mol. The Morgan fingerprint density at radius 2 is 1.91 bits per heavy atom. The van der Waals surface area contributed by atoms with E-state index in [9.17, 15) is 8.42 Å². The lowest BCUT2D eigenvalue weighted by atomic mass is 10.2. The predicted octanol–water partition coefficient (Wildman–Crippen LogP) is 1.54. The molecule has 0 atom stereocenters. The first-order valence-electron chi connectivity index (χ1n) is 6.63. The van der Waals surface area contributed by atoms with Crippen LogP contribution in [-0.2, 0) is 16.6 Å². The van der Waals surface area contributed by atoms with Gasteiger partial charge in [-0.1, -0.05) is 12.1 Å². The third-order valence-electron chi connectivity index (χ3n) is 3.02. The second-order valence-electron chi connectivity index (χ2n) is 4.84. The molecule has 1 aromatic carbocycles. The quantitative estimate of drug-likeness (QED) is 0.408. The molecule has 1 aromatic rings. The summed E-state index contributed by atoms with van der Waals surface area (Å²) in [6.07, 6.45) is 1.13. The van der Waals surface area contributed by atoms with Crippen molar-refractivity contribution in [3.05, 3.63) is 29.8 Å². The maximum absolute atomic E-state index is 11.1. The number of hydrogen-bond donors (Lipinski definition) is 2. The number of guanidine groups is 1. The fourth-order valence-electron chi connectivity index (χ4n) is 1.96. The van der Waals surface area contributed by atoms with E-state index >= 15 is 0 Å². The Labute approximate surface area is 153 Å². The lowest BCUT2D eigenvalue weighted by molar-refractivity contribution is 0.455. The van der Waals surface area contributed by atoms with Crippen LogP contribution in [0.2, 0.25) is 0 Å². The van der Waals surface area contributed by atoms with Gasteiger partial charge in [0.1, 0.15) is 0 Å². The number of nitrogens with two attached hydrogens (primary N) is 1. The minimum Gasteiger partial charge on any atom is -0.370 e. The van der Waals surface area contributed by atoms with Crippen molar-refractivity contribution in [2.75, 3.05) is 35.6 Å². The summed E-state index contributed by atoms with van der Waals surface area (Å²) in [6.45, 7) is 2.38. The summed E-state index contributed by atoms with van der Waals surface area (Å²) in [5.41, 5.74) is 7.52. The lowest BCUT2D eigenvalue weighted by Gasteiger charge is -2.27. The van der Waals surface area contributed by atoms with E-state index in [-0.39, 0.29) is 24.0 Å². The zero-order chi connectivity index (χ0) is 15.3. The number of benzene rings is 1. The van der Waals surface area contributed by atoms with Crippen LogP contribution in [0.5, 0.6) is 0 Å². The molecule has 1 fully saturated rings. The Balaban J connectivity index is 0.00000242. The minimum absolute atomic E-state index is 0. The van der Waals surface area contributed by atoms with Crippen LogP contribution in [0.4, 0.5) is 5.69 Å². The molecule has 3 N–H and O–H groups in total. The average molecular weight is 456 g/mol. The van der Waals surface area contributed by atoms with Crippen molar-refractivity contribution in [3.8, 4) is 0 Å². The van der Waals surface area contributed by atoms with Gasteiger partial charge in [-0.05, 0) is 17.7 Å². The molecule has 1 aliphatic rings. The second kappa shape index (κ2) is 8.82. The van der Waals surface area contributed by atoms with Crippen molar-refractivity contribution in [2.45, 2.75) is 6.54 Å². The van der Waals surface area contributed by atoms with Crippen molar-refractivity contribution < 1.29 is 8.42 Å². The molecule has 22 heavy (non-hydrogen) atoms. The van der Waals surface area contributed by atoms with E-state index in [0.717, 1.165) is 36.4 Å². The summed E-state index contributed by atoms with van der Waals surface area (Å²) in [4.78, 5) is 6.49. The number of halogens is 1. The van der Waals surface area contributed by atoms with Crippen molar-refractivity contribution in [1.82, 2.24) is 4.90 Å². The number of sulfonamides is 1. The fraction of sp³-hybridized carbons (Fsp3) is 0.462. The van der Waals surface area contributed by atoms with E-state index < -0.39 is 10.0 Å². The molecule has 0 bridgehead atoms. The Bertz CT molecular complexity index is 599. The molecule has 0 aliphatic carbocycles. The number of rotatable bonds is 4. The molecule has 1 heterocycles. The summed E-state index contributed by atoms with van der Waals surface area (Å²) in [5, 5.41) is 0. The zero-order valence-corrected chi connectivity index (χ0v) is 16.3. The van der Waals surface area contributed by atoms with E-state index in [2.05, 4.69) is 14.6 Å². The van der Waals surface area contributed by atoms with Crippen LogP contribution in [0.25, 0.3) is 0 Å². The van der Waals surface area contributed by atoms with Crippen molar-refractivity contribution in [3.63, 3.8) is 0 Å². The molecule has 0 radical (unpaired) electrons. The van der Waals surface area contributed by atoms with Crippen LogP contribution >= 0.6 is 35.7 Å². The van der Waals surface area contributed by atoms with Gasteiger partial charge < -0.3 is 10.6 Å². The molecule has 1 aliphatic heterocycles. The molecule has 0 unspecified atom stereocenters. The molecule has 1 saturated heterocycles. The van der Waals surface area contributed by atoms with Gasteiger partial charge in [0.15, 0.2) is 5.96 Å². The maximum atomic E-state index is 11.1. The SMILES string of the molecule is CS(=O)(=O)Nc1ccc(CN=C(N)N2CCSCC2)cc1.I. The minimum atomic E-state index is -3.24. The van der Waals surface area contributed by atoms with E-state index in [1.807, 2.05) is 23.9 Å². The van der Waals surface area contributed by atoms with E-state index in [1.54, 1.807) is 12.1 Å². The van der Waals surface area contributed by atoms with E-state index in [1.165, 1.54) is 0 Å². The molecule has 9 heteroatoms. The van der Waals surface area contributed by atoms with Crippen LogP contribution in [0.3, 0.4) is 0 Å². The maximum Gasteiger partial charge on any atom is 0.229 e. The molecule has 0 saturated carbocycles. The number of aliphatic imine (C=N–C) groups is 1. The van der Waals surface area contributed by atoms with E-state index in [4.69, 9.17) is 5.73 Å². The van der Waals surface area contributed by atoms with Gasteiger partial charge in [-0.25, -0.2) is 13.4 Å². The Kier molecular flexibility index (Phi) is 7.77. The van der Waals surface area contributed by atoms with Gasteiger partial charge in [0.2, 0.25) is 10.0 Å². The number of hydrogen-bond acceptors (Lipinski definition) is 4. The highest BCUT2D eigenvalue weighted by Crippen LogP contribution is 2.12. The van der Waals surface area contributed by atoms with Crippen molar-refractivity contribution >= 4 is 57.4 Å². The average Bonchev–Trinajstić information content (AvgIpc) is 2.45. The fourth-order valence-corrected chi connectivity index (χ4v) is 3.42. The molecule has 0 amide bonds. The van der Waals surface area contributed by atoms with Gasteiger partial charge >= 0.3 is 0 Å². The Hall–Kier alpha value is -0.680. The molecule has 2 rings (SSSR count). The smallest absolute Gasteiger partial charge is 0.229 e. The summed E-state index contributed by atoms with van der Waals surface area (Å²) in [6, 6.07) is 7.13. The molecule has 124 valence electrons. The summed E-state index contributed by atoms with van der Waals surface area (Å²) in [5.74, 6) is 2.75. The van der Waals surface area contributed by atoms with Gasteiger partial charge in [-0.3, -0.25) is 4.72 Å². The normalized spacial score (nSPS) is 16.0. The first-order valence-corrected chi connectivity index (χ1v) is 9.68. The third-order valence-corrected chi connectivity index (χ3v) is 4.56. The molecule has 0 aromatic heterocycles. The van der Waals surface area contributed by atoms with Gasteiger partial charge in [0.25, 0.3) is 0 Å². The highest BCUT2D eigenvalue weighted by Gasteiger charge is 2.11. The van der Waals surface area contributed by atoms with Crippen LogP contribution in [0, 0.1) is 0 Å². The number of anilines is 1. The highest BCUT2D eigenvalue weighted by molar-refractivity contribution is 14.0. The van der Waals surface area contributed by atoms with Gasteiger partial charge in [0, 0.05) is 30.3 Å². The summed E-state index contributed by atoms with van der Waals surface area (Å²) in [7, 11) is -3.24. The topological polar surface area (TPSA) is 87.8 Å². The Morgan fingerprint density at radius 1 is 1.32 bits per heavy atom. The molecular formula is C13H21IN4O2S2. The molecular weight excluding hydrogens is 435 g/mol. The third kappa shape index (κ3) is 6.61. The van der Waals surface area contributed by atoms with Crippen LogP contribution in [0.15, 0.2) is 29.3 Å². The molecule has 6 nitrogen and oxygen atoms in total. The highest BCUT2D eigenvalue weighted by atomic mass is 127. The van der Waals surface area contributed by atoms with Crippen LogP contribution < -0.4 is 10.5 Å². The van der Waals surface area contributed by atoms with Crippen molar-refractivity contribution in [2.24, 2.45) is 10.7 Å². The first-order chi connectivity index (χ1) is 9.94. The van der Waals surface area contributed by atoms with Gasteiger partial charge in [-0.2, -0.15) is 11.8 Å². The lowest BCUT2D eigenvalue weighted by Crippen LogP contribution is -2.42. The van der Waals surface area contributed by atoms with Gasteiger partial charge in [-0.15, -0.1) is 24.0 Å². The largest absolute Gasteiger partial charge is 0.370 e. The molecule has 0 spiro atoms. The number of thioether (sulfide) groups is 1. The first kappa shape index (κ1) is 19.4. The monoisotopic (exact) mass is 456 g/mol. The Morgan fingerprint density at radius 3 is 2.45 bits per heavy atom. The zero-order valence-electron chi connectivity index (χ0n) is 12.4. The van der Waals surface area contributed by atoms with Gasteiger partial charge in [0.05, 0.1) is 12.8 Å². The standard InChI is InChI=1S/C13H20N4O2S2.HI/c1-21(18,19)16-12-4-2-11(3-5-12)10-15-13(14)17-6-8-20-9-7-17;/h2-5,16H,6-10H2,1H3,(H2,14,15);1H. The summed E-state index contributed by atoms with van der Waals surface area (Å²) < 4.78 is 24.7. The number of nitrogens with one attached hydrogen (secondary N) is 1. The van der Waals surface area contributed by atoms with E-state index in [0.29, 0.717) is 18.2 Å². The summed E-state index contributed by atoms with van der Waals surface area (Å²) >= 11 is 1.93. The van der Waals surface area contributed by atoms with Crippen LogP contribution in [0.1, 0.15) is 5.56 Å². The van der Waals surface area contributed by atoms with Crippen molar-refractivity contribution in [1.29, 1.82) is 0 Å². The number of nitrogens with zero attached hydrogens (tertiary/aromatic N) is 2. The second-order valence-corrected chi connectivity index (χ2v) is 7.82.